The second kappa shape index (κ2) is 4.75. The fourth-order valence-electron chi connectivity index (χ4n) is 2.17. The quantitative estimate of drug-likeness (QED) is 0.878. The molecule has 0 aliphatic heterocycles. The summed E-state index contributed by atoms with van der Waals surface area (Å²) in [6.45, 7) is 0. The van der Waals surface area contributed by atoms with E-state index in [1.165, 1.54) is 16.9 Å². The Labute approximate surface area is 115 Å². The molecule has 1 heterocycles. The highest BCUT2D eigenvalue weighted by Crippen LogP contribution is 2.31. The average molecular weight is 278 g/mol. The molecule has 1 amide bonds. The van der Waals surface area contributed by atoms with Crippen LogP contribution in [0.5, 0.6) is 0 Å². The number of hydrogen-bond donors (Lipinski definition) is 1. The van der Waals surface area contributed by atoms with Crippen LogP contribution in [0.1, 0.15) is 26.5 Å². The van der Waals surface area contributed by atoms with Gasteiger partial charge in [0.05, 0.1) is 4.88 Å². The molecule has 0 saturated heterocycles. The Morgan fingerprint density at radius 1 is 1.22 bits per heavy atom. The Hall–Kier alpha value is -1.32. The van der Waals surface area contributed by atoms with Crippen LogP contribution in [0.4, 0.5) is 5.69 Å². The lowest BCUT2D eigenvalue weighted by Crippen LogP contribution is -2.09. The summed E-state index contributed by atoms with van der Waals surface area (Å²) in [5, 5.41) is 3.56. The largest absolute Gasteiger partial charge is 0.321 e. The predicted octanol–water partition coefficient (Wildman–Crippen LogP) is 4.14. The van der Waals surface area contributed by atoms with Gasteiger partial charge in [0.2, 0.25) is 0 Å². The van der Waals surface area contributed by atoms with Gasteiger partial charge < -0.3 is 5.32 Å². The zero-order valence-corrected chi connectivity index (χ0v) is 11.3. The number of thiophene rings is 1. The number of hydrogen-bond acceptors (Lipinski definition) is 2. The zero-order chi connectivity index (χ0) is 12.5. The second-order valence-electron chi connectivity index (χ2n) is 4.37. The van der Waals surface area contributed by atoms with Crippen molar-refractivity contribution in [3.63, 3.8) is 0 Å². The summed E-state index contributed by atoms with van der Waals surface area (Å²) < 4.78 is 0. The summed E-state index contributed by atoms with van der Waals surface area (Å²) in [5.74, 6) is -0.0308. The van der Waals surface area contributed by atoms with E-state index in [-0.39, 0.29) is 5.91 Å². The van der Waals surface area contributed by atoms with Gasteiger partial charge in [-0.1, -0.05) is 11.6 Å². The lowest BCUT2D eigenvalue weighted by molar-refractivity contribution is 0.103. The van der Waals surface area contributed by atoms with Gasteiger partial charge in [-0.05, 0) is 55.2 Å². The monoisotopic (exact) mass is 277 g/mol. The normalized spacial score (nSPS) is 13.4. The van der Waals surface area contributed by atoms with Crippen LogP contribution in [0.2, 0.25) is 5.02 Å². The summed E-state index contributed by atoms with van der Waals surface area (Å²) in [6, 6.07) is 9.18. The standard InChI is InChI=1S/C14H12ClNOS/c15-10-4-6-11(7-5-10)16-14(17)13-8-9-2-1-3-12(9)18-13/h4-8H,1-3H2,(H,16,17). The van der Waals surface area contributed by atoms with Crippen molar-refractivity contribution in [3.05, 3.63) is 50.7 Å². The third kappa shape index (κ3) is 2.28. The highest BCUT2D eigenvalue weighted by atomic mass is 35.5. The molecule has 2 nitrogen and oxygen atoms in total. The summed E-state index contributed by atoms with van der Waals surface area (Å²) >= 11 is 7.42. The number of nitrogens with one attached hydrogen (secondary N) is 1. The van der Waals surface area contributed by atoms with Gasteiger partial charge in [-0.2, -0.15) is 0 Å². The smallest absolute Gasteiger partial charge is 0.265 e. The molecule has 1 N–H and O–H groups in total. The molecule has 1 aromatic carbocycles. The number of fused-ring (bicyclic) bond motifs is 1. The highest BCUT2D eigenvalue weighted by Gasteiger charge is 2.18. The molecular weight excluding hydrogens is 266 g/mol. The maximum Gasteiger partial charge on any atom is 0.265 e. The molecule has 0 fully saturated rings. The molecule has 0 spiro atoms. The molecular formula is C14H12ClNOS. The fourth-order valence-corrected chi connectivity index (χ4v) is 3.44. The highest BCUT2D eigenvalue weighted by molar-refractivity contribution is 7.14. The van der Waals surface area contributed by atoms with Crippen LogP contribution in [0.25, 0.3) is 0 Å². The number of halogens is 1. The zero-order valence-electron chi connectivity index (χ0n) is 9.70. The van der Waals surface area contributed by atoms with Crippen molar-refractivity contribution in [2.24, 2.45) is 0 Å². The van der Waals surface area contributed by atoms with Crippen LogP contribution in [0.15, 0.2) is 30.3 Å². The topological polar surface area (TPSA) is 29.1 Å². The van der Waals surface area contributed by atoms with Crippen molar-refractivity contribution in [1.82, 2.24) is 0 Å². The predicted molar refractivity (Wildman–Crippen MR) is 75.7 cm³/mol. The van der Waals surface area contributed by atoms with E-state index < -0.39 is 0 Å². The van der Waals surface area contributed by atoms with Crippen molar-refractivity contribution in [2.75, 3.05) is 5.32 Å². The molecule has 0 unspecified atom stereocenters. The van der Waals surface area contributed by atoms with Gasteiger partial charge in [-0.15, -0.1) is 11.3 Å². The first kappa shape index (κ1) is 11.8. The Bertz CT molecular complexity index is 567. The van der Waals surface area contributed by atoms with Gasteiger partial charge in [-0.25, -0.2) is 0 Å². The molecule has 3 rings (SSSR count). The lowest BCUT2D eigenvalue weighted by Gasteiger charge is -2.03. The van der Waals surface area contributed by atoms with E-state index in [2.05, 4.69) is 5.32 Å². The molecule has 1 aromatic heterocycles. The van der Waals surface area contributed by atoms with Gasteiger partial charge in [-0.3, -0.25) is 4.79 Å². The maximum absolute atomic E-state index is 12.1. The molecule has 92 valence electrons. The molecule has 2 aromatic rings. The summed E-state index contributed by atoms with van der Waals surface area (Å²) in [5.41, 5.74) is 2.12. The third-order valence-corrected chi connectivity index (χ3v) is 4.56. The molecule has 0 bridgehead atoms. The molecule has 18 heavy (non-hydrogen) atoms. The second-order valence-corrected chi connectivity index (χ2v) is 5.95. The Kier molecular flexibility index (Phi) is 3.10. The van der Waals surface area contributed by atoms with E-state index in [1.807, 2.05) is 18.2 Å². The van der Waals surface area contributed by atoms with Crippen molar-refractivity contribution in [1.29, 1.82) is 0 Å². The number of aryl methyl sites for hydroxylation is 2. The van der Waals surface area contributed by atoms with Crippen molar-refractivity contribution >= 4 is 34.5 Å². The molecule has 1 aliphatic rings. The van der Waals surface area contributed by atoms with E-state index >= 15 is 0 Å². The van der Waals surface area contributed by atoms with Gasteiger partial charge in [0.15, 0.2) is 0 Å². The maximum atomic E-state index is 12.1. The van der Waals surface area contributed by atoms with Crippen LogP contribution in [-0.4, -0.2) is 5.91 Å². The van der Waals surface area contributed by atoms with Crippen LogP contribution >= 0.6 is 22.9 Å². The number of benzene rings is 1. The third-order valence-electron chi connectivity index (χ3n) is 3.07. The van der Waals surface area contributed by atoms with Gasteiger partial charge in [0.1, 0.15) is 0 Å². The molecule has 0 atom stereocenters. The number of amides is 1. The van der Waals surface area contributed by atoms with Gasteiger partial charge in [0, 0.05) is 15.6 Å². The minimum Gasteiger partial charge on any atom is -0.321 e. The fraction of sp³-hybridized carbons (Fsp3) is 0.214. The van der Waals surface area contributed by atoms with Crippen molar-refractivity contribution < 1.29 is 4.79 Å². The van der Waals surface area contributed by atoms with Crippen LogP contribution < -0.4 is 5.32 Å². The molecule has 1 aliphatic carbocycles. The summed E-state index contributed by atoms with van der Waals surface area (Å²) in [6.07, 6.45) is 3.45. The van der Waals surface area contributed by atoms with Gasteiger partial charge in [0.25, 0.3) is 5.91 Å². The van der Waals surface area contributed by atoms with E-state index in [4.69, 9.17) is 11.6 Å². The summed E-state index contributed by atoms with van der Waals surface area (Å²) in [7, 11) is 0. The number of carbonyl (C=O) groups excluding carboxylic acids is 1. The Balaban J connectivity index is 1.76. The first-order valence-corrected chi connectivity index (χ1v) is 7.10. The van der Waals surface area contributed by atoms with E-state index in [0.29, 0.717) is 5.02 Å². The van der Waals surface area contributed by atoms with Crippen molar-refractivity contribution in [2.45, 2.75) is 19.3 Å². The minimum absolute atomic E-state index is 0.0308. The van der Waals surface area contributed by atoms with E-state index in [0.717, 1.165) is 23.4 Å². The average Bonchev–Trinajstić information content (AvgIpc) is 2.92. The van der Waals surface area contributed by atoms with Crippen molar-refractivity contribution in [3.8, 4) is 0 Å². The first-order valence-electron chi connectivity index (χ1n) is 5.91. The molecule has 0 saturated carbocycles. The van der Waals surface area contributed by atoms with E-state index in [9.17, 15) is 4.79 Å². The number of rotatable bonds is 2. The van der Waals surface area contributed by atoms with Crippen LogP contribution in [0, 0.1) is 0 Å². The Morgan fingerprint density at radius 3 is 2.72 bits per heavy atom. The van der Waals surface area contributed by atoms with Gasteiger partial charge >= 0.3 is 0 Å². The molecule has 0 radical (unpaired) electrons. The lowest BCUT2D eigenvalue weighted by atomic mass is 10.2. The molecule has 4 heteroatoms. The SMILES string of the molecule is O=C(Nc1ccc(Cl)cc1)c1cc2c(s1)CCC2. The van der Waals surface area contributed by atoms with Crippen LogP contribution in [-0.2, 0) is 12.8 Å². The minimum atomic E-state index is -0.0308. The van der Waals surface area contributed by atoms with Crippen LogP contribution in [0.3, 0.4) is 0 Å². The summed E-state index contributed by atoms with van der Waals surface area (Å²) in [4.78, 5) is 14.2. The Morgan fingerprint density at radius 2 is 2.00 bits per heavy atom. The number of carbonyl (C=O) groups is 1. The van der Waals surface area contributed by atoms with E-state index in [1.54, 1.807) is 23.5 Å². The first-order chi connectivity index (χ1) is 8.72. The number of anilines is 1.